The van der Waals surface area contributed by atoms with E-state index < -0.39 is 11.7 Å². The minimum Gasteiger partial charge on any atom is -0.322 e. The summed E-state index contributed by atoms with van der Waals surface area (Å²) in [5, 5.41) is 7.09. The molecule has 0 bridgehead atoms. The fraction of sp³-hybridized carbons (Fsp3) is 0. The molecule has 0 heterocycles. The van der Waals surface area contributed by atoms with Crippen molar-refractivity contribution in [2.24, 2.45) is 5.10 Å². The van der Waals surface area contributed by atoms with E-state index in [-0.39, 0.29) is 5.91 Å². The highest BCUT2D eigenvalue weighted by atomic mass is 35.5. The van der Waals surface area contributed by atoms with Gasteiger partial charge in [0.15, 0.2) is 0 Å². The molecule has 28 heavy (non-hydrogen) atoms. The molecule has 0 spiro atoms. The number of carbonyl (C=O) groups is 2. The fourth-order valence-corrected chi connectivity index (χ4v) is 2.50. The second-order valence-corrected chi connectivity index (χ2v) is 6.17. The van der Waals surface area contributed by atoms with Crippen LogP contribution in [0, 0.1) is 5.82 Å². The Hall–Kier alpha value is -3.51. The maximum absolute atomic E-state index is 12.9. The number of halogens is 2. The molecule has 2 amide bonds. The van der Waals surface area contributed by atoms with Crippen LogP contribution in [-0.4, -0.2) is 18.0 Å². The smallest absolute Gasteiger partial charge is 0.271 e. The number of benzene rings is 3. The molecule has 0 aliphatic rings. The molecule has 3 aromatic rings. The monoisotopic (exact) mass is 395 g/mol. The van der Waals surface area contributed by atoms with Crippen LogP contribution < -0.4 is 10.7 Å². The molecule has 0 aromatic heterocycles. The molecule has 0 unspecified atom stereocenters. The van der Waals surface area contributed by atoms with E-state index in [0.29, 0.717) is 27.4 Å². The summed E-state index contributed by atoms with van der Waals surface area (Å²) in [6.07, 6.45) is 1.46. The van der Waals surface area contributed by atoms with Crippen molar-refractivity contribution < 1.29 is 14.0 Å². The zero-order chi connectivity index (χ0) is 19.9. The normalized spacial score (nSPS) is 10.6. The van der Waals surface area contributed by atoms with Gasteiger partial charge in [0.2, 0.25) is 0 Å². The lowest BCUT2D eigenvalue weighted by Gasteiger charge is -2.06. The number of hydrazone groups is 1. The average Bonchev–Trinajstić information content (AvgIpc) is 2.70. The Morgan fingerprint density at radius 2 is 1.46 bits per heavy atom. The molecule has 0 atom stereocenters. The van der Waals surface area contributed by atoms with Crippen molar-refractivity contribution in [1.29, 1.82) is 0 Å². The summed E-state index contributed by atoms with van der Waals surface area (Å²) in [7, 11) is 0. The molecule has 0 saturated carbocycles. The first-order chi connectivity index (χ1) is 13.5. The second-order valence-electron chi connectivity index (χ2n) is 5.76. The number of anilines is 1. The fourth-order valence-electron chi connectivity index (χ4n) is 2.31. The van der Waals surface area contributed by atoms with Gasteiger partial charge in [0, 0.05) is 27.4 Å². The lowest BCUT2D eigenvalue weighted by atomic mass is 10.1. The first-order valence-electron chi connectivity index (χ1n) is 8.28. The highest BCUT2D eigenvalue weighted by Crippen LogP contribution is 2.13. The van der Waals surface area contributed by atoms with Gasteiger partial charge >= 0.3 is 0 Å². The molecule has 5 nitrogen and oxygen atoms in total. The molecule has 0 radical (unpaired) electrons. The standard InChI is InChI=1S/C21H15ClFN3O2/c22-19-4-2-1-3-16(19)13-24-26-21(28)15-7-11-18(12-8-15)25-20(27)14-5-9-17(23)10-6-14/h1-13H,(H,25,27)(H,26,28)/b24-13+. The van der Waals surface area contributed by atoms with Crippen molar-refractivity contribution >= 4 is 35.3 Å². The lowest BCUT2D eigenvalue weighted by Crippen LogP contribution is -2.18. The van der Waals surface area contributed by atoms with Gasteiger partial charge in [-0.1, -0.05) is 29.8 Å². The van der Waals surface area contributed by atoms with Crippen molar-refractivity contribution in [3.05, 3.63) is 100 Å². The molecule has 140 valence electrons. The summed E-state index contributed by atoms with van der Waals surface area (Å²) in [6, 6.07) is 18.6. The van der Waals surface area contributed by atoms with Gasteiger partial charge in [0.1, 0.15) is 5.82 Å². The first-order valence-corrected chi connectivity index (χ1v) is 8.65. The van der Waals surface area contributed by atoms with Gasteiger partial charge in [-0.25, -0.2) is 9.82 Å². The SMILES string of the molecule is O=C(N/N=C/c1ccccc1Cl)c1ccc(NC(=O)c2ccc(F)cc2)cc1. The molecular formula is C21H15ClFN3O2. The van der Waals surface area contributed by atoms with E-state index in [1.807, 2.05) is 6.07 Å². The van der Waals surface area contributed by atoms with E-state index in [1.54, 1.807) is 42.5 Å². The Morgan fingerprint density at radius 3 is 2.14 bits per heavy atom. The summed E-state index contributed by atoms with van der Waals surface area (Å²) in [4.78, 5) is 24.2. The van der Waals surface area contributed by atoms with Crippen LogP contribution in [0.3, 0.4) is 0 Å². The highest BCUT2D eigenvalue weighted by molar-refractivity contribution is 6.33. The topological polar surface area (TPSA) is 70.6 Å². The minimum absolute atomic E-state index is 0.331. The summed E-state index contributed by atoms with van der Waals surface area (Å²) in [5.74, 6) is -1.19. The number of carbonyl (C=O) groups excluding carboxylic acids is 2. The molecule has 0 aliphatic heterocycles. The van der Waals surface area contributed by atoms with Gasteiger partial charge in [-0.05, 0) is 54.6 Å². The Morgan fingerprint density at radius 1 is 0.857 bits per heavy atom. The Balaban J connectivity index is 1.59. The van der Waals surface area contributed by atoms with Crippen molar-refractivity contribution in [3.8, 4) is 0 Å². The van der Waals surface area contributed by atoms with Gasteiger partial charge in [0.25, 0.3) is 11.8 Å². The number of amides is 2. The quantitative estimate of drug-likeness (QED) is 0.493. The number of nitrogens with one attached hydrogen (secondary N) is 2. The van der Waals surface area contributed by atoms with Gasteiger partial charge in [0.05, 0.1) is 6.21 Å². The lowest BCUT2D eigenvalue weighted by molar-refractivity contribution is 0.0954. The van der Waals surface area contributed by atoms with Crippen molar-refractivity contribution in [1.82, 2.24) is 5.43 Å². The Bertz CT molecular complexity index is 1020. The zero-order valence-corrected chi connectivity index (χ0v) is 15.3. The molecule has 0 fully saturated rings. The molecule has 3 aromatic carbocycles. The van der Waals surface area contributed by atoms with Gasteiger partial charge in [-0.3, -0.25) is 9.59 Å². The van der Waals surface area contributed by atoms with Crippen LogP contribution in [0.4, 0.5) is 10.1 Å². The maximum Gasteiger partial charge on any atom is 0.271 e. The number of hydrogen-bond acceptors (Lipinski definition) is 3. The highest BCUT2D eigenvalue weighted by Gasteiger charge is 2.08. The van der Waals surface area contributed by atoms with Crippen LogP contribution in [0.1, 0.15) is 26.3 Å². The third kappa shape index (κ3) is 5.02. The first kappa shape index (κ1) is 19.3. The summed E-state index contributed by atoms with van der Waals surface area (Å²) in [5.41, 5.74) is 4.31. The molecular weight excluding hydrogens is 381 g/mol. The zero-order valence-electron chi connectivity index (χ0n) is 14.5. The Kier molecular flexibility index (Phi) is 6.14. The van der Waals surface area contributed by atoms with Crippen molar-refractivity contribution in [2.75, 3.05) is 5.32 Å². The molecule has 0 aliphatic carbocycles. The van der Waals surface area contributed by atoms with E-state index >= 15 is 0 Å². The average molecular weight is 396 g/mol. The van der Waals surface area contributed by atoms with Crippen LogP contribution in [0.2, 0.25) is 5.02 Å². The minimum atomic E-state index is -0.413. The van der Waals surface area contributed by atoms with Crippen LogP contribution >= 0.6 is 11.6 Å². The molecule has 2 N–H and O–H groups in total. The maximum atomic E-state index is 12.9. The van der Waals surface area contributed by atoms with E-state index in [2.05, 4.69) is 15.8 Å². The van der Waals surface area contributed by atoms with Crippen LogP contribution in [0.15, 0.2) is 77.9 Å². The summed E-state index contributed by atoms with van der Waals surface area (Å²) < 4.78 is 12.9. The predicted molar refractivity (Wildman–Crippen MR) is 107 cm³/mol. The van der Waals surface area contributed by atoms with E-state index in [0.717, 1.165) is 0 Å². The van der Waals surface area contributed by atoms with Crippen LogP contribution in [0.5, 0.6) is 0 Å². The molecule has 7 heteroatoms. The Labute approximate surface area is 165 Å². The summed E-state index contributed by atoms with van der Waals surface area (Å²) >= 11 is 6.01. The molecule has 0 saturated heterocycles. The molecule has 3 rings (SSSR count). The third-order valence-electron chi connectivity index (χ3n) is 3.79. The van der Waals surface area contributed by atoms with Crippen molar-refractivity contribution in [2.45, 2.75) is 0 Å². The van der Waals surface area contributed by atoms with E-state index in [9.17, 15) is 14.0 Å². The van der Waals surface area contributed by atoms with Gasteiger partial charge in [-0.15, -0.1) is 0 Å². The van der Waals surface area contributed by atoms with Crippen molar-refractivity contribution in [3.63, 3.8) is 0 Å². The van der Waals surface area contributed by atoms with Gasteiger partial charge < -0.3 is 5.32 Å². The van der Waals surface area contributed by atoms with Crippen LogP contribution in [-0.2, 0) is 0 Å². The second kappa shape index (κ2) is 8.92. The number of rotatable bonds is 5. The third-order valence-corrected chi connectivity index (χ3v) is 4.13. The van der Waals surface area contributed by atoms with Crippen LogP contribution in [0.25, 0.3) is 0 Å². The number of hydrogen-bond donors (Lipinski definition) is 2. The number of nitrogens with zero attached hydrogens (tertiary/aromatic N) is 1. The van der Waals surface area contributed by atoms with E-state index in [1.165, 1.54) is 30.5 Å². The van der Waals surface area contributed by atoms with Gasteiger partial charge in [-0.2, -0.15) is 5.10 Å². The van der Waals surface area contributed by atoms with E-state index in [4.69, 9.17) is 11.6 Å². The largest absolute Gasteiger partial charge is 0.322 e. The predicted octanol–water partition coefficient (Wildman–Crippen LogP) is 4.50. The summed E-state index contributed by atoms with van der Waals surface area (Å²) in [6.45, 7) is 0.